The molecule has 2 aromatic heterocycles. The van der Waals surface area contributed by atoms with Crippen LogP contribution in [-0.2, 0) is 6.18 Å². The van der Waals surface area contributed by atoms with Crippen molar-refractivity contribution in [3.05, 3.63) is 35.6 Å². The SMILES string of the molecule is FC(F)(F)c1csc(N2CCC(COc3ccncc3)CC2)n1. The monoisotopic (exact) mass is 343 g/mol. The first-order valence-electron chi connectivity index (χ1n) is 7.33. The maximum atomic E-state index is 12.6. The van der Waals surface area contributed by atoms with Gasteiger partial charge in [-0.25, -0.2) is 4.98 Å². The second-order valence-electron chi connectivity index (χ2n) is 5.44. The Morgan fingerprint density at radius 2 is 1.91 bits per heavy atom. The third-order valence-corrected chi connectivity index (χ3v) is 4.70. The van der Waals surface area contributed by atoms with Crippen molar-refractivity contribution in [2.75, 3.05) is 24.6 Å². The predicted molar refractivity (Wildman–Crippen MR) is 81.8 cm³/mol. The number of anilines is 1. The van der Waals surface area contributed by atoms with Crippen LogP contribution in [0.5, 0.6) is 5.75 Å². The average molecular weight is 343 g/mol. The average Bonchev–Trinajstić information content (AvgIpc) is 3.05. The van der Waals surface area contributed by atoms with Crippen LogP contribution in [0.3, 0.4) is 0 Å². The number of halogens is 3. The van der Waals surface area contributed by atoms with E-state index in [4.69, 9.17) is 4.74 Å². The molecule has 124 valence electrons. The first-order chi connectivity index (χ1) is 11.0. The van der Waals surface area contributed by atoms with Gasteiger partial charge < -0.3 is 9.64 Å². The van der Waals surface area contributed by atoms with Gasteiger partial charge in [0.05, 0.1) is 6.61 Å². The predicted octanol–water partition coefficient (Wildman–Crippen LogP) is 3.85. The third kappa shape index (κ3) is 4.13. The fourth-order valence-electron chi connectivity index (χ4n) is 2.48. The van der Waals surface area contributed by atoms with E-state index in [1.54, 1.807) is 12.4 Å². The number of rotatable bonds is 4. The quantitative estimate of drug-likeness (QED) is 0.845. The van der Waals surface area contributed by atoms with Crippen molar-refractivity contribution in [3.8, 4) is 5.75 Å². The molecule has 0 spiro atoms. The number of thiazole rings is 1. The Morgan fingerprint density at radius 1 is 1.22 bits per heavy atom. The number of hydrogen-bond acceptors (Lipinski definition) is 5. The van der Waals surface area contributed by atoms with Gasteiger partial charge in [-0.05, 0) is 30.9 Å². The van der Waals surface area contributed by atoms with E-state index in [2.05, 4.69) is 9.97 Å². The molecular formula is C15H16F3N3OS. The summed E-state index contributed by atoms with van der Waals surface area (Å²) in [7, 11) is 0. The van der Waals surface area contributed by atoms with Gasteiger partial charge in [0.2, 0.25) is 0 Å². The van der Waals surface area contributed by atoms with Crippen LogP contribution in [0.4, 0.5) is 18.3 Å². The van der Waals surface area contributed by atoms with Crippen LogP contribution < -0.4 is 9.64 Å². The van der Waals surface area contributed by atoms with Crippen molar-refractivity contribution in [1.82, 2.24) is 9.97 Å². The van der Waals surface area contributed by atoms with Gasteiger partial charge in [-0.3, -0.25) is 4.98 Å². The minimum Gasteiger partial charge on any atom is -0.493 e. The molecule has 1 aliphatic rings. The van der Waals surface area contributed by atoms with Crippen LogP contribution in [0, 0.1) is 5.92 Å². The number of piperidine rings is 1. The molecule has 3 heterocycles. The largest absolute Gasteiger partial charge is 0.493 e. The highest BCUT2D eigenvalue weighted by atomic mass is 32.1. The Labute approximate surface area is 135 Å². The summed E-state index contributed by atoms with van der Waals surface area (Å²) in [4.78, 5) is 9.55. The van der Waals surface area contributed by atoms with E-state index in [-0.39, 0.29) is 0 Å². The molecule has 23 heavy (non-hydrogen) atoms. The Bertz CT molecular complexity index is 624. The number of aromatic nitrogens is 2. The zero-order valence-corrected chi connectivity index (χ0v) is 13.1. The molecule has 0 amide bonds. The zero-order chi connectivity index (χ0) is 16.3. The van der Waals surface area contributed by atoms with E-state index < -0.39 is 11.9 Å². The molecule has 0 aromatic carbocycles. The normalized spacial score (nSPS) is 16.6. The van der Waals surface area contributed by atoms with Gasteiger partial charge in [0, 0.05) is 30.9 Å². The minimum atomic E-state index is -4.37. The van der Waals surface area contributed by atoms with Crippen molar-refractivity contribution in [2.24, 2.45) is 5.92 Å². The lowest BCUT2D eigenvalue weighted by Crippen LogP contribution is -2.35. The van der Waals surface area contributed by atoms with E-state index in [9.17, 15) is 13.2 Å². The molecule has 4 nitrogen and oxygen atoms in total. The summed E-state index contributed by atoms with van der Waals surface area (Å²) in [6.45, 7) is 2.02. The zero-order valence-electron chi connectivity index (χ0n) is 12.3. The van der Waals surface area contributed by atoms with Gasteiger partial charge in [0.15, 0.2) is 10.8 Å². The molecule has 0 bridgehead atoms. The summed E-state index contributed by atoms with van der Waals surface area (Å²) >= 11 is 1.05. The molecule has 0 atom stereocenters. The van der Waals surface area contributed by atoms with E-state index >= 15 is 0 Å². The third-order valence-electron chi connectivity index (χ3n) is 3.80. The number of nitrogens with zero attached hydrogens (tertiary/aromatic N) is 3. The summed E-state index contributed by atoms with van der Waals surface area (Å²) in [6.07, 6.45) is 0.751. The fourth-order valence-corrected chi connectivity index (χ4v) is 3.37. The number of hydrogen-bond donors (Lipinski definition) is 0. The molecular weight excluding hydrogens is 327 g/mol. The maximum Gasteiger partial charge on any atom is 0.434 e. The minimum absolute atomic E-state index is 0.404. The topological polar surface area (TPSA) is 38.2 Å². The molecule has 8 heteroatoms. The van der Waals surface area contributed by atoms with Crippen molar-refractivity contribution >= 4 is 16.5 Å². The van der Waals surface area contributed by atoms with Crippen LogP contribution >= 0.6 is 11.3 Å². The summed E-state index contributed by atoms with van der Waals surface area (Å²) in [5.41, 5.74) is -0.805. The molecule has 0 radical (unpaired) electrons. The Hall–Kier alpha value is -1.83. The highest BCUT2D eigenvalue weighted by Crippen LogP contribution is 2.34. The Morgan fingerprint density at radius 3 is 2.52 bits per heavy atom. The standard InChI is InChI=1S/C15H16F3N3OS/c16-15(17,18)13-10-23-14(20-13)21-7-3-11(4-8-21)9-22-12-1-5-19-6-2-12/h1-2,5-6,10-11H,3-4,7-9H2. The van der Waals surface area contributed by atoms with E-state index in [1.807, 2.05) is 17.0 Å². The van der Waals surface area contributed by atoms with Crippen LogP contribution in [0.25, 0.3) is 0 Å². The Kier molecular flexibility index (Phi) is 4.70. The lowest BCUT2D eigenvalue weighted by molar-refractivity contribution is -0.140. The van der Waals surface area contributed by atoms with Gasteiger partial charge in [-0.15, -0.1) is 11.3 Å². The number of ether oxygens (including phenoxy) is 1. The molecule has 0 saturated carbocycles. The lowest BCUT2D eigenvalue weighted by atomic mass is 9.98. The molecule has 3 rings (SSSR count). The Balaban J connectivity index is 1.49. The first-order valence-corrected chi connectivity index (χ1v) is 8.21. The summed E-state index contributed by atoms with van der Waals surface area (Å²) in [6, 6.07) is 3.62. The molecule has 0 aliphatic carbocycles. The number of pyridine rings is 1. The fraction of sp³-hybridized carbons (Fsp3) is 0.467. The van der Waals surface area contributed by atoms with E-state index in [0.717, 1.165) is 35.3 Å². The smallest absolute Gasteiger partial charge is 0.434 e. The maximum absolute atomic E-state index is 12.6. The van der Waals surface area contributed by atoms with Gasteiger partial charge in [0.1, 0.15) is 5.75 Å². The molecule has 1 fully saturated rings. The lowest BCUT2D eigenvalue weighted by Gasteiger charge is -2.31. The molecule has 0 N–H and O–H groups in total. The van der Waals surface area contributed by atoms with E-state index in [1.165, 1.54) is 0 Å². The van der Waals surface area contributed by atoms with Gasteiger partial charge in [0.25, 0.3) is 0 Å². The van der Waals surface area contributed by atoms with Crippen molar-refractivity contribution < 1.29 is 17.9 Å². The second-order valence-corrected chi connectivity index (χ2v) is 6.27. The van der Waals surface area contributed by atoms with Crippen LogP contribution in [0.2, 0.25) is 0 Å². The highest BCUT2D eigenvalue weighted by molar-refractivity contribution is 7.13. The van der Waals surface area contributed by atoms with Crippen molar-refractivity contribution in [2.45, 2.75) is 19.0 Å². The van der Waals surface area contributed by atoms with E-state index in [0.29, 0.717) is 30.7 Å². The second kappa shape index (κ2) is 6.74. The van der Waals surface area contributed by atoms with Crippen LogP contribution in [0.15, 0.2) is 29.9 Å². The summed E-state index contributed by atoms with van der Waals surface area (Å²) < 4.78 is 43.5. The first kappa shape index (κ1) is 16.0. The van der Waals surface area contributed by atoms with Crippen LogP contribution in [0.1, 0.15) is 18.5 Å². The van der Waals surface area contributed by atoms with Crippen molar-refractivity contribution in [1.29, 1.82) is 0 Å². The van der Waals surface area contributed by atoms with Gasteiger partial charge in [-0.1, -0.05) is 0 Å². The van der Waals surface area contributed by atoms with Gasteiger partial charge >= 0.3 is 6.18 Å². The van der Waals surface area contributed by atoms with Crippen LogP contribution in [-0.4, -0.2) is 29.7 Å². The molecule has 1 aliphatic heterocycles. The summed E-state index contributed by atoms with van der Waals surface area (Å²) in [5, 5.41) is 1.53. The molecule has 2 aromatic rings. The van der Waals surface area contributed by atoms with Crippen molar-refractivity contribution in [3.63, 3.8) is 0 Å². The molecule has 0 unspecified atom stereocenters. The molecule has 1 saturated heterocycles. The summed E-state index contributed by atoms with van der Waals surface area (Å²) in [5.74, 6) is 1.19. The highest BCUT2D eigenvalue weighted by Gasteiger charge is 2.34. The number of alkyl halides is 3. The van der Waals surface area contributed by atoms with Gasteiger partial charge in [-0.2, -0.15) is 13.2 Å².